The molecule has 0 unspecified atom stereocenters. The third-order valence-corrected chi connectivity index (χ3v) is 2.40. The molecule has 0 saturated heterocycles. The zero-order chi connectivity index (χ0) is 9.68. The first-order chi connectivity index (χ1) is 6.24. The molecule has 1 radical (unpaired) electrons. The first-order valence-electron chi connectivity index (χ1n) is 4.16. The Bertz CT molecular complexity index is 280. The lowest BCUT2D eigenvalue weighted by atomic mass is 10.4. The average Bonchev–Trinajstić information content (AvgIpc) is 2.52. The molecule has 13 heavy (non-hydrogen) atoms. The Morgan fingerprint density at radius 3 is 2.92 bits per heavy atom. The summed E-state index contributed by atoms with van der Waals surface area (Å²) < 4.78 is 4.91. The number of thiophene rings is 1. The molecule has 0 amide bonds. The lowest BCUT2D eigenvalue weighted by Crippen LogP contribution is -2.03. The van der Waals surface area contributed by atoms with E-state index in [1.54, 1.807) is 0 Å². The molecule has 0 aromatic carbocycles. The summed E-state index contributed by atoms with van der Waals surface area (Å²) in [4.78, 5) is 11.6. The van der Waals surface area contributed by atoms with Gasteiger partial charge in [-0.05, 0) is 6.42 Å². The zero-order valence-corrected chi connectivity index (χ0v) is 8.23. The van der Waals surface area contributed by atoms with Crippen LogP contribution in [0.4, 0.5) is 0 Å². The maximum atomic E-state index is 11.2. The first-order valence-corrected chi connectivity index (χ1v) is 5.04. The van der Waals surface area contributed by atoms with Crippen LogP contribution in [0.1, 0.15) is 29.4 Å². The summed E-state index contributed by atoms with van der Waals surface area (Å²) in [6.07, 6.45) is 1.85. The van der Waals surface area contributed by atoms with Crippen molar-refractivity contribution in [3.8, 4) is 5.75 Å². The fraction of sp³-hybridized carbons (Fsp3) is 0.444. The highest BCUT2D eigenvalue weighted by Gasteiger charge is 2.10. The van der Waals surface area contributed by atoms with E-state index in [1.165, 1.54) is 11.4 Å². The smallest absolute Gasteiger partial charge is 0.348 e. The number of esters is 1. The fourth-order valence-electron chi connectivity index (χ4n) is 0.806. The van der Waals surface area contributed by atoms with Crippen LogP contribution in [0.25, 0.3) is 0 Å². The van der Waals surface area contributed by atoms with Crippen LogP contribution in [-0.2, 0) is 9.84 Å². The van der Waals surface area contributed by atoms with Crippen LogP contribution < -0.4 is 0 Å². The van der Waals surface area contributed by atoms with Gasteiger partial charge in [0.05, 0.1) is 6.61 Å². The Hall–Kier alpha value is -1.03. The van der Waals surface area contributed by atoms with Gasteiger partial charge >= 0.3 is 5.97 Å². The number of carbonyl (C=O) groups is 1. The Balaban J connectivity index is 2.40. The monoisotopic (exact) mass is 199 g/mol. The van der Waals surface area contributed by atoms with Crippen molar-refractivity contribution >= 4 is 17.3 Å². The molecule has 0 spiro atoms. The highest BCUT2D eigenvalue weighted by atomic mass is 32.1. The summed E-state index contributed by atoms with van der Waals surface area (Å²) in [5.41, 5.74) is 0. The van der Waals surface area contributed by atoms with Gasteiger partial charge in [-0.3, -0.25) is 5.11 Å². The lowest BCUT2D eigenvalue weighted by Gasteiger charge is -2.00. The molecule has 0 fully saturated rings. The number of unbranched alkanes of at least 4 members (excludes halogenated alkanes) is 1. The largest absolute Gasteiger partial charge is 0.462 e. The molecule has 1 rings (SSSR count). The van der Waals surface area contributed by atoms with Crippen molar-refractivity contribution in [2.75, 3.05) is 6.61 Å². The molecule has 0 aliphatic rings. The van der Waals surface area contributed by atoms with Crippen molar-refractivity contribution in [2.24, 2.45) is 0 Å². The number of ether oxygens (including phenoxy) is 1. The molecule has 0 aliphatic carbocycles. The van der Waals surface area contributed by atoms with Crippen molar-refractivity contribution in [1.29, 1.82) is 0 Å². The van der Waals surface area contributed by atoms with Crippen LogP contribution >= 0.6 is 11.3 Å². The van der Waals surface area contributed by atoms with E-state index in [9.17, 15) is 9.90 Å². The van der Waals surface area contributed by atoms with Crippen LogP contribution in [0.2, 0.25) is 0 Å². The van der Waals surface area contributed by atoms with Crippen molar-refractivity contribution in [2.45, 2.75) is 19.8 Å². The summed E-state index contributed by atoms with van der Waals surface area (Å²) in [5, 5.41) is 12.1. The number of rotatable bonds is 4. The second kappa shape index (κ2) is 4.87. The molecule has 0 bridgehead atoms. The average molecular weight is 199 g/mol. The van der Waals surface area contributed by atoms with Crippen LogP contribution in [0, 0.1) is 0 Å². The first kappa shape index (κ1) is 10.1. The number of hydrogen-bond donors (Lipinski definition) is 0. The minimum Gasteiger partial charge on any atom is -0.462 e. The van der Waals surface area contributed by atoms with Gasteiger partial charge in [-0.1, -0.05) is 13.3 Å². The van der Waals surface area contributed by atoms with Gasteiger partial charge in [0, 0.05) is 11.4 Å². The van der Waals surface area contributed by atoms with Gasteiger partial charge in [0.25, 0.3) is 0 Å². The standard InChI is InChI=1S/C9H11O3S/c1-2-3-4-12-9(11)8-5-7(10)6-13-8/h5-6H,2-4H2,1H3. The third kappa shape index (κ3) is 3.06. The molecule has 1 aromatic rings. The summed E-state index contributed by atoms with van der Waals surface area (Å²) in [7, 11) is 0. The molecular formula is C9H11O3S. The molecule has 0 atom stereocenters. The molecule has 4 heteroatoms. The van der Waals surface area contributed by atoms with E-state index in [0.29, 0.717) is 11.5 Å². The molecule has 1 heterocycles. The van der Waals surface area contributed by atoms with Gasteiger partial charge in [-0.2, -0.15) is 0 Å². The van der Waals surface area contributed by atoms with Crippen molar-refractivity contribution < 1.29 is 14.6 Å². The summed E-state index contributed by atoms with van der Waals surface area (Å²) >= 11 is 1.13. The molecule has 3 nitrogen and oxygen atoms in total. The second-order valence-electron chi connectivity index (χ2n) is 2.64. The molecule has 0 saturated carbocycles. The quantitative estimate of drug-likeness (QED) is 0.553. The summed E-state index contributed by atoms with van der Waals surface area (Å²) in [6, 6.07) is 1.30. The Morgan fingerprint density at radius 2 is 2.38 bits per heavy atom. The normalized spacial score (nSPS) is 9.92. The maximum Gasteiger partial charge on any atom is 0.348 e. The lowest BCUT2D eigenvalue weighted by molar-refractivity contribution is 0.0505. The minimum absolute atomic E-state index is 0.132. The van der Waals surface area contributed by atoms with E-state index in [4.69, 9.17) is 4.74 Å². The number of hydrogen-bond acceptors (Lipinski definition) is 3. The Kier molecular flexibility index (Phi) is 3.76. The summed E-state index contributed by atoms with van der Waals surface area (Å²) in [6.45, 7) is 2.45. The van der Waals surface area contributed by atoms with Gasteiger partial charge in [-0.15, -0.1) is 11.3 Å². The van der Waals surface area contributed by atoms with Gasteiger partial charge in [-0.25, -0.2) is 4.79 Å². The van der Waals surface area contributed by atoms with E-state index < -0.39 is 0 Å². The van der Waals surface area contributed by atoms with Gasteiger partial charge in [0.1, 0.15) is 4.88 Å². The molecule has 1 aromatic heterocycles. The highest BCUT2D eigenvalue weighted by molar-refractivity contribution is 7.12. The second-order valence-corrected chi connectivity index (χ2v) is 3.55. The van der Waals surface area contributed by atoms with Crippen LogP contribution in [0.3, 0.4) is 0 Å². The molecule has 0 N–H and O–H groups in total. The molecule has 71 valence electrons. The van der Waals surface area contributed by atoms with E-state index >= 15 is 0 Å². The van der Waals surface area contributed by atoms with Crippen molar-refractivity contribution in [3.05, 3.63) is 16.3 Å². The predicted molar refractivity (Wildman–Crippen MR) is 49.6 cm³/mol. The van der Waals surface area contributed by atoms with Gasteiger partial charge in [0.2, 0.25) is 0 Å². The van der Waals surface area contributed by atoms with Gasteiger partial charge < -0.3 is 4.74 Å². The zero-order valence-electron chi connectivity index (χ0n) is 7.41. The van der Waals surface area contributed by atoms with Crippen LogP contribution in [0.15, 0.2) is 11.4 Å². The number of carbonyl (C=O) groups excluding carboxylic acids is 1. The van der Waals surface area contributed by atoms with Crippen LogP contribution in [0.5, 0.6) is 5.75 Å². The topological polar surface area (TPSA) is 46.2 Å². The van der Waals surface area contributed by atoms with E-state index in [1.807, 2.05) is 6.92 Å². The minimum atomic E-state index is -0.388. The molecular weight excluding hydrogens is 188 g/mol. The van der Waals surface area contributed by atoms with Crippen LogP contribution in [-0.4, -0.2) is 12.6 Å². The highest BCUT2D eigenvalue weighted by Crippen LogP contribution is 2.21. The molecule has 0 aliphatic heterocycles. The van der Waals surface area contributed by atoms with Gasteiger partial charge in [0.15, 0.2) is 5.75 Å². The maximum absolute atomic E-state index is 11.2. The van der Waals surface area contributed by atoms with E-state index in [0.717, 1.165) is 24.2 Å². The SMILES string of the molecule is CCCCOC(=O)c1cc([O])cs1. The van der Waals surface area contributed by atoms with Crippen molar-refractivity contribution in [3.63, 3.8) is 0 Å². The predicted octanol–water partition coefficient (Wildman–Crippen LogP) is 2.85. The van der Waals surface area contributed by atoms with Crippen molar-refractivity contribution in [1.82, 2.24) is 0 Å². The Morgan fingerprint density at radius 1 is 1.62 bits per heavy atom. The third-order valence-electron chi connectivity index (χ3n) is 1.51. The van der Waals surface area contributed by atoms with E-state index in [2.05, 4.69) is 0 Å². The summed E-state index contributed by atoms with van der Waals surface area (Å²) in [5.74, 6) is -0.520. The fourth-order valence-corrected chi connectivity index (χ4v) is 1.46. The van der Waals surface area contributed by atoms with E-state index in [-0.39, 0.29) is 11.7 Å². The Labute approximate surface area is 81.0 Å².